The zero-order valence-corrected chi connectivity index (χ0v) is 13.0. The molecule has 1 aliphatic rings. The SMILES string of the molecule is CN(CC1CC(O)C1)S(=O)(=O)c1ccc(N)c(Br)c1. The molecule has 0 atom stereocenters. The Kier molecular flexibility index (Phi) is 4.20. The zero-order valence-electron chi connectivity index (χ0n) is 10.6. The number of nitrogens with two attached hydrogens (primary N) is 1. The Bertz CT molecular complexity index is 570. The van der Waals surface area contributed by atoms with Crippen LogP contribution in [0.3, 0.4) is 0 Å². The van der Waals surface area contributed by atoms with Gasteiger partial charge in [0.25, 0.3) is 0 Å². The van der Waals surface area contributed by atoms with Gasteiger partial charge in [0.2, 0.25) is 10.0 Å². The van der Waals surface area contributed by atoms with Crippen LogP contribution in [0.5, 0.6) is 0 Å². The molecule has 0 spiro atoms. The lowest BCUT2D eigenvalue weighted by molar-refractivity contribution is 0.0367. The Morgan fingerprint density at radius 3 is 2.63 bits per heavy atom. The minimum Gasteiger partial charge on any atom is -0.398 e. The lowest BCUT2D eigenvalue weighted by Crippen LogP contribution is -2.39. The first kappa shape index (κ1) is 14.8. The highest BCUT2D eigenvalue weighted by Gasteiger charge is 2.31. The summed E-state index contributed by atoms with van der Waals surface area (Å²) in [6, 6.07) is 4.58. The Labute approximate surface area is 121 Å². The molecule has 19 heavy (non-hydrogen) atoms. The fourth-order valence-electron chi connectivity index (χ4n) is 2.16. The van der Waals surface area contributed by atoms with Gasteiger partial charge in [0.05, 0.1) is 11.0 Å². The molecular formula is C12H17BrN2O3S. The van der Waals surface area contributed by atoms with Crippen LogP contribution in [0.2, 0.25) is 0 Å². The van der Waals surface area contributed by atoms with Crippen molar-refractivity contribution in [2.75, 3.05) is 19.3 Å². The normalized spacial score (nSPS) is 23.4. The van der Waals surface area contributed by atoms with Crippen LogP contribution in [0.1, 0.15) is 12.8 Å². The molecule has 1 saturated carbocycles. The molecule has 3 N–H and O–H groups in total. The molecule has 0 aromatic heterocycles. The number of anilines is 1. The monoisotopic (exact) mass is 348 g/mol. The summed E-state index contributed by atoms with van der Waals surface area (Å²) in [5.74, 6) is 0.243. The van der Waals surface area contributed by atoms with Gasteiger partial charge < -0.3 is 10.8 Å². The van der Waals surface area contributed by atoms with Crippen LogP contribution in [0, 0.1) is 5.92 Å². The summed E-state index contributed by atoms with van der Waals surface area (Å²) in [6.45, 7) is 0.432. The number of halogens is 1. The third-order valence-electron chi connectivity index (χ3n) is 3.41. The van der Waals surface area contributed by atoms with Crippen molar-refractivity contribution in [1.29, 1.82) is 0 Å². The Balaban J connectivity index is 2.14. The van der Waals surface area contributed by atoms with E-state index in [1.54, 1.807) is 13.1 Å². The summed E-state index contributed by atoms with van der Waals surface area (Å²) in [7, 11) is -1.94. The van der Waals surface area contributed by atoms with Crippen molar-refractivity contribution >= 4 is 31.6 Å². The van der Waals surface area contributed by atoms with Crippen molar-refractivity contribution < 1.29 is 13.5 Å². The Hall–Kier alpha value is -0.630. The predicted octanol–water partition coefficient (Wildman–Crippen LogP) is 1.42. The summed E-state index contributed by atoms with van der Waals surface area (Å²) >= 11 is 3.23. The van der Waals surface area contributed by atoms with E-state index in [4.69, 9.17) is 5.73 Å². The van der Waals surface area contributed by atoms with Gasteiger partial charge >= 0.3 is 0 Å². The largest absolute Gasteiger partial charge is 0.398 e. The highest BCUT2D eigenvalue weighted by atomic mass is 79.9. The van der Waals surface area contributed by atoms with E-state index in [2.05, 4.69) is 15.9 Å². The topological polar surface area (TPSA) is 83.6 Å². The number of rotatable bonds is 4. The van der Waals surface area contributed by atoms with Crippen molar-refractivity contribution in [3.8, 4) is 0 Å². The summed E-state index contributed by atoms with van der Waals surface area (Å²) < 4.78 is 26.6. The summed E-state index contributed by atoms with van der Waals surface area (Å²) in [6.07, 6.45) is 1.07. The third kappa shape index (κ3) is 3.10. The van der Waals surface area contributed by atoms with Crippen molar-refractivity contribution in [2.24, 2.45) is 5.92 Å². The molecule has 106 valence electrons. The van der Waals surface area contributed by atoms with Gasteiger partial charge in [0.1, 0.15) is 0 Å². The Morgan fingerprint density at radius 2 is 2.11 bits per heavy atom. The van der Waals surface area contributed by atoms with E-state index >= 15 is 0 Å². The van der Waals surface area contributed by atoms with E-state index < -0.39 is 10.0 Å². The number of nitrogens with zero attached hydrogens (tertiary/aromatic N) is 1. The fourth-order valence-corrected chi connectivity index (χ4v) is 3.96. The van der Waals surface area contributed by atoms with E-state index in [1.807, 2.05) is 0 Å². The number of sulfonamides is 1. The van der Waals surface area contributed by atoms with E-state index in [-0.39, 0.29) is 16.9 Å². The van der Waals surface area contributed by atoms with Crippen molar-refractivity contribution in [3.05, 3.63) is 22.7 Å². The lowest BCUT2D eigenvalue weighted by Gasteiger charge is -2.34. The molecule has 0 radical (unpaired) electrons. The molecule has 0 bridgehead atoms. The smallest absolute Gasteiger partial charge is 0.242 e. The average molecular weight is 349 g/mol. The molecule has 1 aliphatic carbocycles. The maximum absolute atomic E-state index is 12.4. The molecule has 1 aromatic carbocycles. The van der Waals surface area contributed by atoms with E-state index in [1.165, 1.54) is 16.4 Å². The first-order valence-corrected chi connectivity index (χ1v) is 8.23. The van der Waals surface area contributed by atoms with Crippen LogP contribution in [0.25, 0.3) is 0 Å². The molecule has 0 heterocycles. The maximum Gasteiger partial charge on any atom is 0.242 e. The molecule has 0 aliphatic heterocycles. The van der Waals surface area contributed by atoms with Crippen LogP contribution < -0.4 is 5.73 Å². The number of aliphatic hydroxyl groups excluding tert-OH is 1. The zero-order chi connectivity index (χ0) is 14.2. The molecule has 1 aromatic rings. The van der Waals surface area contributed by atoms with Crippen LogP contribution in [0.15, 0.2) is 27.6 Å². The van der Waals surface area contributed by atoms with Crippen LogP contribution in [-0.2, 0) is 10.0 Å². The molecule has 7 heteroatoms. The van der Waals surface area contributed by atoms with Crippen LogP contribution >= 0.6 is 15.9 Å². The average Bonchev–Trinajstić information content (AvgIpc) is 2.30. The van der Waals surface area contributed by atoms with E-state index in [9.17, 15) is 13.5 Å². The lowest BCUT2D eigenvalue weighted by atomic mass is 9.82. The van der Waals surface area contributed by atoms with Gasteiger partial charge in [-0.1, -0.05) is 0 Å². The first-order chi connectivity index (χ1) is 8.80. The van der Waals surface area contributed by atoms with Gasteiger partial charge in [-0.05, 0) is 52.9 Å². The molecule has 2 rings (SSSR count). The highest BCUT2D eigenvalue weighted by molar-refractivity contribution is 9.10. The highest BCUT2D eigenvalue weighted by Crippen LogP contribution is 2.30. The quantitative estimate of drug-likeness (QED) is 0.806. The minimum atomic E-state index is -3.50. The van der Waals surface area contributed by atoms with Gasteiger partial charge in [-0.25, -0.2) is 12.7 Å². The standard InChI is InChI=1S/C12H17BrN2O3S/c1-15(7-8-4-9(16)5-8)19(17,18)10-2-3-12(14)11(13)6-10/h2-3,6,8-9,16H,4-5,7,14H2,1H3. The molecule has 1 fully saturated rings. The number of benzene rings is 1. The summed E-state index contributed by atoms with van der Waals surface area (Å²) in [5.41, 5.74) is 6.16. The molecule has 0 saturated heterocycles. The maximum atomic E-state index is 12.4. The van der Waals surface area contributed by atoms with Gasteiger partial charge in [-0.3, -0.25) is 0 Å². The van der Waals surface area contributed by atoms with Gasteiger partial charge in [-0.2, -0.15) is 0 Å². The number of aliphatic hydroxyl groups is 1. The fraction of sp³-hybridized carbons (Fsp3) is 0.500. The summed E-state index contributed by atoms with van der Waals surface area (Å²) in [4.78, 5) is 0.218. The van der Waals surface area contributed by atoms with Crippen molar-refractivity contribution in [3.63, 3.8) is 0 Å². The van der Waals surface area contributed by atoms with Gasteiger partial charge in [0, 0.05) is 23.8 Å². The molecule has 5 nitrogen and oxygen atoms in total. The molecule has 0 amide bonds. The van der Waals surface area contributed by atoms with E-state index in [0.29, 0.717) is 29.5 Å². The molecule has 0 unspecified atom stereocenters. The first-order valence-electron chi connectivity index (χ1n) is 6.00. The number of hydrogen-bond donors (Lipinski definition) is 2. The van der Waals surface area contributed by atoms with Crippen LogP contribution in [-0.4, -0.2) is 37.5 Å². The second kappa shape index (κ2) is 5.40. The summed E-state index contributed by atoms with van der Waals surface area (Å²) in [5, 5.41) is 9.23. The number of hydrogen-bond acceptors (Lipinski definition) is 4. The second-order valence-corrected chi connectivity index (χ2v) is 7.86. The van der Waals surface area contributed by atoms with Crippen LogP contribution in [0.4, 0.5) is 5.69 Å². The van der Waals surface area contributed by atoms with Crippen molar-refractivity contribution in [1.82, 2.24) is 4.31 Å². The molecular weight excluding hydrogens is 332 g/mol. The minimum absolute atomic E-state index is 0.218. The second-order valence-electron chi connectivity index (χ2n) is 4.96. The predicted molar refractivity (Wildman–Crippen MR) is 77.1 cm³/mol. The number of nitrogen functional groups attached to an aromatic ring is 1. The third-order valence-corrected chi connectivity index (χ3v) is 5.91. The van der Waals surface area contributed by atoms with Gasteiger partial charge in [0.15, 0.2) is 0 Å². The van der Waals surface area contributed by atoms with E-state index in [0.717, 1.165) is 0 Å². The van der Waals surface area contributed by atoms with Gasteiger partial charge in [-0.15, -0.1) is 0 Å². The van der Waals surface area contributed by atoms with Crippen molar-refractivity contribution in [2.45, 2.75) is 23.8 Å². The Morgan fingerprint density at radius 1 is 1.47 bits per heavy atom.